The number of aromatic carboxylic acids is 1. The molecule has 0 bridgehead atoms. The van der Waals surface area contributed by atoms with Gasteiger partial charge in [0.1, 0.15) is 11.3 Å². The molecule has 1 aromatic rings. The number of carboxylic acid groups (broad SMARTS) is 1. The summed E-state index contributed by atoms with van der Waals surface area (Å²) in [5.41, 5.74) is 0.120. The molecule has 0 amide bonds. The Bertz CT molecular complexity index is 478. The van der Waals surface area contributed by atoms with Crippen LogP contribution in [0.15, 0.2) is 18.2 Å². The molecule has 1 unspecified atom stereocenters. The summed E-state index contributed by atoms with van der Waals surface area (Å²) in [6.45, 7) is 1.66. The molecule has 5 heteroatoms. The molecule has 1 aromatic carbocycles. The van der Waals surface area contributed by atoms with Crippen molar-refractivity contribution < 1.29 is 14.6 Å². The largest absolute Gasteiger partial charge is 0.493 e. The molecule has 4 nitrogen and oxygen atoms in total. The zero-order chi connectivity index (χ0) is 14.5. The summed E-state index contributed by atoms with van der Waals surface area (Å²) in [6, 6.07) is 5.22. The zero-order valence-corrected chi connectivity index (χ0v) is 12.4. The maximum absolute atomic E-state index is 11.1. The van der Waals surface area contributed by atoms with E-state index in [1.807, 2.05) is 0 Å². The third kappa shape index (κ3) is 3.87. The van der Waals surface area contributed by atoms with E-state index in [1.54, 1.807) is 12.1 Å². The van der Waals surface area contributed by atoms with E-state index in [2.05, 4.69) is 11.9 Å². The standard InChI is InChI=1S/C15H20ClNO3/c1-17-8-3-2-4-12(17)7-9-20-14-6-5-11(16)10-13(14)15(18)19/h5-6,10,12H,2-4,7-9H2,1H3,(H,18,19). The van der Waals surface area contributed by atoms with E-state index in [0.29, 0.717) is 23.4 Å². The summed E-state index contributed by atoms with van der Waals surface area (Å²) in [6.07, 6.45) is 4.62. The number of hydrogen-bond donors (Lipinski definition) is 1. The minimum absolute atomic E-state index is 0.120. The molecule has 0 aromatic heterocycles. The fourth-order valence-electron chi connectivity index (χ4n) is 2.61. The Morgan fingerprint density at radius 3 is 3.00 bits per heavy atom. The topological polar surface area (TPSA) is 49.8 Å². The molecule has 20 heavy (non-hydrogen) atoms. The molecule has 0 radical (unpaired) electrons. The van der Waals surface area contributed by atoms with Gasteiger partial charge < -0.3 is 14.7 Å². The summed E-state index contributed by atoms with van der Waals surface area (Å²) >= 11 is 5.81. The van der Waals surface area contributed by atoms with Crippen LogP contribution in [0.5, 0.6) is 5.75 Å². The minimum atomic E-state index is -1.02. The lowest BCUT2D eigenvalue weighted by molar-refractivity contribution is 0.0691. The number of ether oxygens (including phenoxy) is 1. The number of carboxylic acids is 1. The fraction of sp³-hybridized carbons (Fsp3) is 0.533. The van der Waals surface area contributed by atoms with Crippen LogP contribution in [0.3, 0.4) is 0 Å². The van der Waals surface area contributed by atoms with Crippen molar-refractivity contribution in [3.05, 3.63) is 28.8 Å². The summed E-state index contributed by atoms with van der Waals surface area (Å²) < 4.78 is 5.64. The van der Waals surface area contributed by atoms with Gasteiger partial charge >= 0.3 is 5.97 Å². The van der Waals surface area contributed by atoms with Crippen LogP contribution < -0.4 is 4.74 Å². The third-order valence-electron chi connectivity index (χ3n) is 3.80. The van der Waals surface area contributed by atoms with Gasteiger partial charge in [-0.3, -0.25) is 0 Å². The Kier molecular flexibility index (Phi) is 5.26. The predicted molar refractivity (Wildman–Crippen MR) is 78.8 cm³/mol. The van der Waals surface area contributed by atoms with Crippen LogP contribution in [-0.2, 0) is 0 Å². The first kappa shape index (κ1) is 15.1. The highest BCUT2D eigenvalue weighted by molar-refractivity contribution is 6.31. The second kappa shape index (κ2) is 6.95. The van der Waals surface area contributed by atoms with Crippen molar-refractivity contribution in [3.8, 4) is 5.75 Å². The van der Waals surface area contributed by atoms with Crippen LogP contribution in [0, 0.1) is 0 Å². The van der Waals surface area contributed by atoms with Gasteiger partial charge in [0.2, 0.25) is 0 Å². The molecule has 1 fully saturated rings. The van der Waals surface area contributed by atoms with E-state index in [0.717, 1.165) is 13.0 Å². The lowest BCUT2D eigenvalue weighted by atomic mass is 10.0. The number of likely N-dealkylation sites (tertiary alicyclic amines) is 1. The highest BCUT2D eigenvalue weighted by Crippen LogP contribution is 2.24. The normalized spacial score (nSPS) is 19.8. The Balaban J connectivity index is 1.92. The summed E-state index contributed by atoms with van der Waals surface area (Å²) in [7, 11) is 2.13. The lowest BCUT2D eigenvalue weighted by Gasteiger charge is -2.32. The van der Waals surface area contributed by atoms with Gasteiger partial charge in [-0.25, -0.2) is 4.79 Å². The highest BCUT2D eigenvalue weighted by Gasteiger charge is 2.19. The van der Waals surface area contributed by atoms with Gasteiger partial charge in [-0.1, -0.05) is 18.0 Å². The van der Waals surface area contributed by atoms with Crippen molar-refractivity contribution in [3.63, 3.8) is 0 Å². The van der Waals surface area contributed by atoms with Gasteiger partial charge in [-0.2, -0.15) is 0 Å². The molecule has 1 atom stereocenters. The second-order valence-corrected chi connectivity index (χ2v) is 5.65. The Hall–Kier alpha value is -1.26. The van der Waals surface area contributed by atoms with Crippen molar-refractivity contribution in [1.82, 2.24) is 4.90 Å². The quantitative estimate of drug-likeness (QED) is 0.906. The van der Waals surface area contributed by atoms with Gasteiger partial charge in [-0.05, 0) is 51.1 Å². The minimum Gasteiger partial charge on any atom is -0.493 e. The first-order chi connectivity index (χ1) is 9.58. The summed E-state index contributed by atoms with van der Waals surface area (Å²) in [4.78, 5) is 13.5. The number of hydrogen-bond acceptors (Lipinski definition) is 3. The number of rotatable bonds is 5. The molecule has 1 N–H and O–H groups in total. The molecule has 1 heterocycles. The fourth-order valence-corrected chi connectivity index (χ4v) is 2.78. The van der Waals surface area contributed by atoms with Crippen molar-refractivity contribution in [2.45, 2.75) is 31.7 Å². The van der Waals surface area contributed by atoms with E-state index >= 15 is 0 Å². The molecule has 1 aliphatic rings. The van der Waals surface area contributed by atoms with Crippen LogP contribution in [-0.4, -0.2) is 42.2 Å². The molecule has 0 saturated carbocycles. The number of benzene rings is 1. The van der Waals surface area contributed by atoms with E-state index in [1.165, 1.54) is 25.3 Å². The number of halogens is 1. The van der Waals surface area contributed by atoms with Crippen LogP contribution in [0.4, 0.5) is 0 Å². The van der Waals surface area contributed by atoms with E-state index in [-0.39, 0.29) is 5.56 Å². The van der Waals surface area contributed by atoms with Gasteiger partial charge in [0, 0.05) is 11.1 Å². The zero-order valence-electron chi connectivity index (χ0n) is 11.6. The van der Waals surface area contributed by atoms with Crippen LogP contribution in [0.1, 0.15) is 36.0 Å². The predicted octanol–water partition coefficient (Wildman–Crippen LogP) is 3.29. The van der Waals surface area contributed by atoms with E-state index < -0.39 is 5.97 Å². The first-order valence-corrected chi connectivity index (χ1v) is 7.31. The number of carbonyl (C=O) groups is 1. The molecule has 1 saturated heterocycles. The molecular formula is C15H20ClNO3. The van der Waals surface area contributed by atoms with Crippen molar-refractivity contribution in [1.29, 1.82) is 0 Å². The summed E-state index contributed by atoms with van der Waals surface area (Å²) in [5.74, 6) is -0.627. The van der Waals surface area contributed by atoms with Crippen LogP contribution >= 0.6 is 11.6 Å². The van der Waals surface area contributed by atoms with Crippen molar-refractivity contribution in [2.75, 3.05) is 20.2 Å². The van der Waals surface area contributed by atoms with Gasteiger partial charge in [-0.15, -0.1) is 0 Å². The molecular weight excluding hydrogens is 278 g/mol. The maximum Gasteiger partial charge on any atom is 0.339 e. The van der Waals surface area contributed by atoms with E-state index in [9.17, 15) is 4.79 Å². The first-order valence-electron chi connectivity index (χ1n) is 6.94. The van der Waals surface area contributed by atoms with E-state index in [4.69, 9.17) is 21.4 Å². The summed E-state index contributed by atoms with van der Waals surface area (Å²) in [5, 5.41) is 9.54. The smallest absolute Gasteiger partial charge is 0.339 e. The average molecular weight is 298 g/mol. The lowest BCUT2D eigenvalue weighted by Crippen LogP contribution is -2.37. The molecule has 2 rings (SSSR count). The van der Waals surface area contributed by atoms with Gasteiger partial charge in [0.25, 0.3) is 0 Å². The molecule has 0 aliphatic carbocycles. The monoisotopic (exact) mass is 297 g/mol. The Morgan fingerprint density at radius 2 is 2.30 bits per heavy atom. The maximum atomic E-state index is 11.1. The second-order valence-electron chi connectivity index (χ2n) is 5.21. The van der Waals surface area contributed by atoms with Gasteiger partial charge in [0.05, 0.1) is 6.61 Å². The average Bonchev–Trinajstić information content (AvgIpc) is 2.42. The SMILES string of the molecule is CN1CCCCC1CCOc1ccc(Cl)cc1C(=O)O. The van der Waals surface area contributed by atoms with Crippen molar-refractivity contribution in [2.24, 2.45) is 0 Å². The molecule has 1 aliphatic heterocycles. The van der Waals surface area contributed by atoms with Crippen LogP contribution in [0.2, 0.25) is 5.02 Å². The Morgan fingerprint density at radius 1 is 1.50 bits per heavy atom. The van der Waals surface area contributed by atoms with Gasteiger partial charge in [0.15, 0.2) is 0 Å². The van der Waals surface area contributed by atoms with Crippen molar-refractivity contribution >= 4 is 17.6 Å². The molecule has 0 spiro atoms. The Labute approximate surface area is 124 Å². The third-order valence-corrected chi connectivity index (χ3v) is 4.04. The van der Waals surface area contributed by atoms with Crippen LogP contribution in [0.25, 0.3) is 0 Å². The number of nitrogens with zero attached hydrogens (tertiary/aromatic N) is 1. The highest BCUT2D eigenvalue weighted by atomic mass is 35.5. The molecule has 110 valence electrons. The number of piperidine rings is 1.